The smallest absolute Gasteiger partial charge is 0.332 e. The molecule has 780 valence electrons. The van der Waals surface area contributed by atoms with Gasteiger partial charge in [-0.2, -0.15) is 0 Å². The van der Waals surface area contributed by atoms with Crippen LogP contribution in [-0.4, -0.2) is 96.7 Å². The molecule has 10 amide bonds. The molecule has 4 aliphatic rings. The Labute approximate surface area is 866 Å². The van der Waals surface area contributed by atoms with Gasteiger partial charge in [-0.15, -0.1) is 0 Å². The van der Waals surface area contributed by atoms with Crippen LogP contribution in [0.3, 0.4) is 0 Å². The standard InChI is InChI=1S/C23H25N3O3S.2C23H29N3O3S.C22H23N3O3S.C22H27N3O3S/c1-26-11-10-16-9-8-15(12-21(16)26)14-30(28,29)25-23(27)24-22-19-6-2-4-17(19)13-18-5-3-7-20(18)22;2*1-14(2)19-10-16(5)11-20(15(3)4)22(19)25-23(27)26-30(28,29)13-17-6-7-18-8-9-24-21(18)12-17;26-22(24-21-18-5-1-3-16(18)12-17-4-2-6-19(17)21)25-29(27,28)13-14-7-8-15-9-10-23-20(15)11-14;1-14(2)18-6-5-7-19(15(3)4)21(18)24-22(26)25-29(27,28)13-16-8-9-17-10-11-23-20(17)12-16/h8-13H,2-7,14H2,1H3,(H2,24,25,27);2*6-12,14-15,24H,13H2,1-5H3,(H2,25,26,27);7-12,23H,1-6,13H2,(H2,24,25,26);5-12,14-15,23H,13H2,1-4H3,(H2,24,25,26). The van der Waals surface area contributed by atoms with Gasteiger partial charge in [-0.25, -0.2) is 89.7 Å². The van der Waals surface area contributed by atoms with Crippen molar-refractivity contribution in [3.05, 3.63) is 324 Å². The van der Waals surface area contributed by atoms with E-state index in [2.05, 4.69) is 138 Å². The number of aromatic nitrogens is 5. The van der Waals surface area contributed by atoms with Crippen molar-refractivity contribution >= 4 is 163 Å². The van der Waals surface area contributed by atoms with Crippen LogP contribution < -0.4 is 50.2 Å². The molecule has 5 heterocycles. The number of hydrogen-bond donors (Lipinski definition) is 14. The zero-order chi connectivity index (χ0) is 106. The van der Waals surface area contributed by atoms with Crippen LogP contribution in [0.4, 0.5) is 52.4 Å². The number of nitrogens with zero attached hydrogens (tertiary/aromatic N) is 1. The highest BCUT2D eigenvalue weighted by Crippen LogP contribution is 2.43. The lowest BCUT2D eigenvalue weighted by Crippen LogP contribution is -2.35. The lowest BCUT2D eigenvalue weighted by Gasteiger charge is -2.21. The zero-order valence-electron chi connectivity index (χ0n) is 86.2. The summed E-state index contributed by atoms with van der Waals surface area (Å²) >= 11 is 0. The first-order chi connectivity index (χ1) is 70.1. The number of anilines is 5. The summed E-state index contributed by atoms with van der Waals surface area (Å²) in [5.41, 5.74) is 29.2. The molecule has 10 aromatic carbocycles. The molecule has 0 aliphatic heterocycles. The number of H-pyrrole nitrogens is 4. The molecular formula is C113H133N15O15S5. The molecule has 0 bridgehead atoms. The maximum absolute atomic E-state index is 12.6. The van der Waals surface area contributed by atoms with Crippen molar-refractivity contribution in [1.29, 1.82) is 0 Å². The number of rotatable bonds is 26. The van der Waals surface area contributed by atoms with Crippen LogP contribution in [0.1, 0.15) is 261 Å². The van der Waals surface area contributed by atoms with E-state index in [1.165, 1.54) is 44.5 Å². The van der Waals surface area contributed by atoms with Crippen LogP contribution in [0.5, 0.6) is 0 Å². The number of para-hydroxylation sites is 1. The second-order valence-electron chi connectivity index (χ2n) is 40.8. The normalized spacial score (nSPS) is 13.3. The van der Waals surface area contributed by atoms with Gasteiger partial charge in [0.15, 0.2) is 0 Å². The summed E-state index contributed by atoms with van der Waals surface area (Å²) in [5.74, 6) is -0.228. The number of nitrogens with one attached hydrogen (secondary N) is 14. The summed E-state index contributed by atoms with van der Waals surface area (Å²) in [4.78, 5) is 75.2. The minimum Gasteiger partial charge on any atom is -0.361 e. The molecule has 35 heteroatoms. The van der Waals surface area contributed by atoms with E-state index in [1.54, 1.807) is 73.2 Å². The number of carbonyl (C=O) groups is 5. The van der Waals surface area contributed by atoms with Crippen LogP contribution in [-0.2, 0) is 137 Å². The van der Waals surface area contributed by atoms with E-state index in [9.17, 15) is 66.1 Å². The van der Waals surface area contributed by atoms with Gasteiger partial charge >= 0.3 is 30.2 Å². The predicted molar refractivity (Wildman–Crippen MR) is 594 cm³/mol. The molecule has 0 radical (unpaired) electrons. The summed E-state index contributed by atoms with van der Waals surface area (Å²) in [5, 5.41) is 19.2. The van der Waals surface area contributed by atoms with Gasteiger partial charge in [0, 0.05) is 94.1 Å². The first-order valence-corrected chi connectivity index (χ1v) is 58.5. The Morgan fingerprint density at radius 3 is 0.770 bits per heavy atom. The molecule has 0 spiro atoms. The molecule has 0 saturated carbocycles. The fourth-order valence-electron chi connectivity index (χ4n) is 20.2. The fraction of sp³-hybridized carbons (Fsp3) is 0.336. The number of hydrogen-bond acceptors (Lipinski definition) is 15. The maximum Gasteiger partial charge on any atom is 0.332 e. The van der Waals surface area contributed by atoms with Gasteiger partial charge in [0.1, 0.15) is 0 Å². The van der Waals surface area contributed by atoms with Gasteiger partial charge in [-0.05, 0) is 320 Å². The second-order valence-corrected chi connectivity index (χ2v) is 49.4. The van der Waals surface area contributed by atoms with Gasteiger partial charge in [-0.3, -0.25) is 0 Å². The Morgan fingerprint density at radius 2 is 0.514 bits per heavy atom. The van der Waals surface area contributed by atoms with Gasteiger partial charge in [-0.1, -0.05) is 209 Å². The summed E-state index contributed by atoms with van der Waals surface area (Å²) < 4.78 is 139. The van der Waals surface area contributed by atoms with Crippen molar-refractivity contribution in [1.82, 2.24) is 48.1 Å². The molecule has 5 aromatic heterocycles. The largest absolute Gasteiger partial charge is 0.361 e. The number of benzene rings is 10. The highest BCUT2D eigenvalue weighted by Gasteiger charge is 2.32. The van der Waals surface area contributed by atoms with E-state index in [1.807, 2.05) is 175 Å². The summed E-state index contributed by atoms with van der Waals surface area (Å²) in [6, 6.07) is 51.7. The highest BCUT2D eigenvalue weighted by molar-refractivity contribution is 7.90. The summed E-state index contributed by atoms with van der Waals surface area (Å²) in [6.45, 7) is 28.6. The van der Waals surface area contributed by atoms with E-state index >= 15 is 0 Å². The Balaban J connectivity index is 0.000000139. The lowest BCUT2D eigenvalue weighted by molar-refractivity contribution is 0.255. The van der Waals surface area contributed by atoms with Crippen molar-refractivity contribution < 1.29 is 66.1 Å². The number of sulfonamides is 5. The fourth-order valence-corrected chi connectivity index (χ4v) is 25.4. The van der Waals surface area contributed by atoms with E-state index in [0.717, 1.165) is 187 Å². The SMILES string of the molecule is CC(C)c1cccc(C(C)C)c1NC(=O)NS(=O)(=O)Cc1ccc2cc[nH]c2c1.Cc1cc(C(C)C)c(NC(=O)NS(=O)(=O)Cc2ccc3cc[nH]c3c2)c(C(C)C)c1.Cc1cc(C(C)C)c(NC(=O)NS(=O)(=O)Cc2ccc3cc[nH]c3c2)c(C(C)C)c1.Cn1ccc2ccc(CS(=O)(=O)NC(=O)Nc3c4c(cc5c3CCC5)CCC4)cc21.O=C(Nc1c2c(cc3c1CCC3)CCC2)NS(=O)(=O)Cc1ccc2cc[nH]c2c1. The van der Waals surface area contributed by atoms with E-state index in [-0.39, 0.29) is 64.3 Å². The Morgan fingerprint density at radius 1 is 0.277 bits per heavy atom. The molecule has 4 aliphatic carbocycles. The molecule has 14 N–H and O–H groups in total. The van der Waals surface area contributed by atoms with Crippen molar-refractivity contribution in [3.8, 4) is 0 Å². The third-order valence-electron chi connectivity index (χ3n) is 27.1. The Bertz CT molecular complexity index is 7860. The molecule has 0 fully saturated rings. The number of urea groups is 5. The average Bonchev–Trinajstić information content (AvgIpc) is 1.63. The van der Waals surface area contributed by atoms with E-state index in [4.69, 9.17) is 0 Å². The number of aryl methyl sites for hydroxylation is 7. The van der Waals surface area contributed by atoms with Crippen molar-refractivity contribution in [2.24, 2.45) is 7.05 Å². The van der Waals surface area contributed by atoms with Crippen molar-refractivity contribution in [2.75, 3.05) is 26.6 Å². The molecule has 148 heavy (non-hydrogen) atoms. The molecular weight excluding hydrogens is 1970 g/mol. The number of carbonyl (C=O) groups excluding carboxylic acids is 5. The quantitative estimate of drug-likeness (QED) is 0.0239. The van der Waals surface area contributed by atoms with Crippen LogP contribution >= 0.6 is 0 Å². The lowest BCUT2D eigenvalue weighted by atomic mass is 9.90. The third-order valence-corrected chi connectivity index (χ3v) is 33.2. The van der Waals surface area contributed by atoms with Crippen molar-refractivity contribution in [3.63, 3.8) is 0 Å². The van der Waals surface area contributed by atoms with Gasteiger partial charge in [0.2, 0.25) is 50.1 Å². The number of aromatic amines is 4. The highest BCUT2D eigenvalue weighted by atomic mass is 32.2. The predicted octanol–water partition coefficient (Wildman–Crippen LogP) is 23.4. The second kappa shape index (κ2) is 45.8. The summed E-state index contributed by atoms with van der Waals surface area (Å²) in [6.07, 6.45) is 21.3. The Hall–Kier alpha value is -14.0. The van der Waals surface area contributed by atoms with Crippen LogP contribution in [0.25, 0.3) is 54.5 Å². The first-order valence-electron chi connectivity index (χ1n) is 50.2. The van der Waals surface area contributed by atoms with Crippen LogP contribution in [0.15, 0.2) is 207 Å². The first kappa shape index (κ1) is 108. The molecule has 15 aromatic rings. The van der Waals surface area contributed by atoms with Crippen LogP contribution in [0, 0.1) is 13.8 Å². The maximum atomic E-state index is 12.6. The number of amides is 10. The molecule has 30 nitrogen and oxygen atoms in total. The topological polar surface area (TPSA) is 444 Å². The summed E-state index contributed by atoms with van der Waals surface area (Å²) in [7, 11) is -17.3. The molecule has 0 saturated heterocycles. The van der Waals surface area contributed by atoms with Crippen LogP contribution in [0.2, 0.25) is 0 Å². The van der Waals surface area contributed by atoms with Gasteiger partial charge < -0.3 is 51.1 Å². The molecule has 0 unspecified atom stereocenters. The third kappa shape index (κ3) is 27.3. The zero-order valence-corrected chi connectivity index (χ0v) is 90.3. The average molecular weight is 2100 g/mol. The molecule has 19 rings (SSSR count). The minimum atomic E-state index is -3.86. The van der Waals surface area contributed by atoms with E-state index in [0.29, 0.717) is 44.9 Å². The van der Waals surface area contributed by atoms with Gasteiger partial charge in [0.25, 0.3) is 0 Å². The number of fused-ring (bicyclic) bond motifs is 9. The van der Waals surface area contributed by atoms with E-state index < -0.39 is 80.3 Å². The van der Waals surface area contributed by atoms with Gasteiger partial charge in [0.05, 0.1) is 28.8 Å². The molecule has 0 atom stereocenters. The van der Waals surface area contributed by atoms with Crippen molar-refractivity contribution in [2.45, 2.75) is 238 Å². The Kier molecular flexibility index (Phi) is 33.5. The monoisotopic (exact) mass is 2100 g/mol. The minimum absolute atomic E-state index is 0.182.